The quantitative estimate of drug-likeness (QED) is 0.570. The second-order valence-electron chi connectivity index (χ2n) is 7.70. The molecule has 2 N–H and O–H groups in total. The lowest BCUT2D eigenvalue weighted by Crippen LogP contribution is -2.47. The molecule has 3 atom stereocenters. The maximum Gasteiger partial charge on any atom is 0.191 e. The molecule has 1 saturated heterocycles. The highest BCUT2D eigenvalue weighted by atomic mass is 32.2. The number of hydrogen-bond donors (Lipinski definition) is 2. The summed E-state index contributed by atoms with van der Waals surface area (Å²) in [5.41, 5.74) is 0. The van der Waals surface area contributed by atoms with E-state index in [2.05, 4.69) is 48.2 Å². The second-order valence-corrected chi connectivity index (χ2v) is 10.0. The summed E-state index contributed by atoms with van der Waals surface area (Å²) in [5.74, 6) is 2.06. The molecule has 0 aromatic carbocycles. The van der Waals surface area contributed by atoms with Gasteiger partial charge in [-0.3, -0.25) is 14.1 Å². The Labute approximate surface area is 145 Å². The van der Waals surface area contributed by atoms with E-state index in [4.69, 9.17) is 0 Å². The van der Waals surface area contributed by atoms with E-state index in [-0.39, 0.29) is 4.75 Å². The zero-order valence-electron chi connectivity index (χ0n) is 16.0. The van der Waals surface area contributed by atoms with Gasteiger partial charge in [-0.1, -0.05) is 6.92 Å². The standard InChI is InChI=1S/C17H36N4OS/c1-8-18-16(19-9-10-23(22)17(5,6)7)20-15-12-21(13(2)3)11-14(15)4/h13-15H,8-12H2,1-7H3,(H2,18,19,20). The lowest BCUT2D eigenvalue weighted by atomic mass is 10.1. The number of rotatable bonds is 6. The van der Waals surface area contributed by atoms with Gasteiger partial charge >= 0.3 is 0 Å². The summed E-state index contributed by atoms with van der Waals surface area (Å²) in [6.07, 6.45) is 0. The predicted molar refractivity (Wildman–Crippen MR) is 102 cm³/mol. The van der Waals surface area contributed by atoms with Gasteiger partial charge in [-0.15, -0.1) is 0 Å². The minimum Gasteiger partial charge on any atom is -0.357 e. The van der Waals surface area contributed by atoms with E-state index in [9.17, 15) is 4.21 Å². The average Bonchev–Trinajstić information content (AvgIpc) is 2.79. The third-order valence-electron chi connectivity index (χ3n) is 4.27. The molecule has 23 heavy (non-hydrogen) atoms. The van der Waals surface area contributed by atoms with Crippen molar-refractivity contribution in [3.8, 4) is 0 Å². The first-order chi connectivity index (χ1) is 10.6. The zero-order valence-corrected chi connectivity index (χ0v) is 16.8. The molecule has 1 rings (SSSR count). The highest BCUT2D eigenvalue weighted by molar-refractivity contribution is 7.86. The highest BCUT2D eigenvalue weighted by Gasteiger charge is 2.31. The maximum absolute atomic E-state index is 12.1. The lowest BCUT2D eigenvalue weighted by Gasteiger charge is -2.22. The highest BCUT2D eigenvalue weighted by Crippen LogP contribution is 2.18. The smallest absolute Gasteiger partial charge is 0.191 e. The van der Waals surface area contributed by atoms with Gasteiger partial charge in [0.25, 0.3) is 0 Å². The Bertz CT molecular complexity index is 417. The molecule has 136 valence electrons. The number of aliphatic imine (C=N–C) groups is 1. The van der Waals surface area contributed by atoms with E-state index in [1.165, 1.54) is 0 Å². The van der Waals surface area contributed by atoms with Gasteiger partial charge in [0.2, 0.25) is 0 Å². The Hall–Kier alpha value is -0.620. The normalized spacial score (nSPS) is 25.0. The first kappa shape index (κ1) is 20.4. The van der Waals surface area contributed by atoms with Crippen molar-refractivity contribution >= 4 is 16.8 Å². The summed E-state index contributed by atoms with van der Waals surface area (Å²) in [6, 6.07) is 1.00. The van der Waals surface area contributed by atoms with Crippen molar-refractivity contribution in [2.75, 3.05) is 31.9 Å². The van der Waals surface area contributed by atoms with E-state index < -0.39 is 10.8 Å². The SMILES string of the molecule is CCNC(=NCCS(=O)C(C)(C)C)NC1CN(C(C)C)CC1C. The van der Waals surface area contributed by atoms with Crippen molar-refractivity contribution in [2.24, 2.45) is 10.9 Å². The molecule has 0 aromatic heterocycles. The van der Waals surface area contributed by atoms with E-state index in [0.717, 1.165) is 25.6 Å². The summed E-state index contributed by atoms with van der Waals surface area (Å²) >= 11 is 0. The molecule has 0 saturated carbocycles. The Kier molecular flexibility index (Phi) is 8.01. The van der Waals surface area contributed by atoms with E-state index in [1.807, 2.05) is 20.8 Å². The number of hydrogen-bond acceptors (Lipinski definition) is 3. The van der Waals surface area contributed by atoms with Crippen LogP contribution < -0.4 is 10.6 Å². The maximum atomic E-state index is 12.1. The fourth-order valence-electron chi connectivity index (χ4n) is 2.66. The fourth-order valence-corrected chi connectivity index (χ4v) is 3.53. The van der Waals surface area contributed by atoms with E-state index >= 15 is 0 Å². The lowest BCUT2D eigenvalue weighted by molar-refractivity contribution is 0.265. The molecule has 1 aliphatic rings. The average molecular weight is 345 g/mol. The van der Waals surface area contributed by atoms with Crippen LogP contribution in [0, 0.1) is 5.92 Å². The van der Waals surface area contributed by atoms with Crippen LogP contribution in [0.25, 0.3) is 0 Å². The first-order valence-corrected chi connectivity index (χ1v) is 10.1. The monoisotopic (exact) mass is 344 g/mol. The molecular weight excluding hydrogens is 308 g/mol. The molecule has 5 nitrogen and oxygen atoms in total. The van der Waals surface area contributed by atoms with Crippen molar-refractivity contribution in [1.29, 1.82) is 0 Å². The Morgan fingerprint density at radius 3 is 2.48 bits per heavy atom. The molecule has 0 bridgehead atoms. The van der Waals surface area contributed by atoms with Crippen molar-refractivity contribution in [1.82, 2.24) is 15.5 Å². The predicted octanol–water partition coefficient (Wildman–Crippen LogP) is 1.82. The molecule has 3 unspecified atom stereocenters. The molecule has 0 radical (unpaired) electrons. The number of guanidine groups is 1. The molecule has 1 aliphatic heterocycles. The number of likely N-dealkylation sites (tertiary alicyclic amines) is 1. The summed E-state index contributed by atoms with van der Waals surface area (Å²) in [5, 5.41) is 6.87. The van der Waals surface area contributed by atoms with Crippen molar-refractivity contribution < 1.29 is 4.21 Å². The van der Waals surface area contributed by atoms with Crippen LogP contribution in [0.3, 0.4) is 0 Å². The zero-order chi connectivity index (χ0) is 17.6. The van der Waals surface area contributed by atoms with Crippen molar-refractivity contribution in [2.45, 2.75) is 65.3 Å². The Morgan fingerprint density at radius 2 is 2.00 bits per heavy atom. The van der Waals surface area contributed by atoms with Crippen LogP contribution in [0.15, 0.2) is 4.99 Å². The molecule has 0 aromatic rings. The van der Waals surface area contributed by atoms with Gasteiger partial charge in [-0.25, -0.2) is 0 Å². The van der Waals surface area contributed by atoms with Crippen LogP contribution in [0.4, 0.5) is 0 Å². The van der Waals surface area contributed by atoms with Gasteiger partial charge in [-0.05, 0) is 47.5 Å². The van der Waals surface area contributed by atoms with Gasteiger partial charge in [0.05, 0.1) is 6.54 Å². The third kappa shape index (κ3) is 6.79. The molecule has 0 spiro atoms. The summed E-state index contributed by atoms with van der Waals surface area (Å²) in [6.45, 7) is 18.5. The summed E-state index contributed by atoms with van der Waals surface area (Å²) < 4.78 is 11.9. The van der Waals surface area contributed by atoms with Crippen LogP contribution in [0.1, 0.15) is 48.5 Å². The molecule has 0 aliphatic carbocycles. The molecule has 1 heterocycles. The minimum absolute atomic E-state index is 0.168. The van der Waals surface area contributed by atoms with Crippen molar-refractivity contribution in [3.63, 3.8) is 0 Å². The van der Waals surface area contributed by atoms with Crippen LogP contribution in [0.5, 0.6) is 0 Å². The van der Waals surface area contributed by atoms with Gasteiger partial charge in [0.15, 0.2) is 5.96 Å². The first-order valence-electron chi connectivity index (χ1n) is 8.82. The van der Waals surface area contributed by atoms with Crippen LogP contribution in [0.2, 0.25) is 0 Å². The third-order valence-corrected chi connectivity index (χ3v) is 6.19. The van der Waals surface area contributed by atoms with Gasteiger partial charge in [-0.2, -0.15) is 0 Å². The molecule has 1 fully saturated rings. The summed E-state index contributed by atoms with van der Waals surface area (Å²) in [4.78, 5) is 7.12. The number of nitrogens with one attached hydrogen (secondary N) is 2. The van der Waals surface area contributed by atoms with E-state index in [1.54, 1.807) is 0 Å². The molecule has 0 amide bonds. The Morgan fingerprint density at radius 1 is 1.35 bits per heavy atom. The van der Waals surface area contributed by atoms with Crippen LogP contribution in [-0.2, 0) is 10.8 Å². The Balaban J connectivity index is 2.58. The fraction of sp³-hybridized carbons (Fsp3) is 0.941. The molecule has 6 heteroatoms. The van der Waals surface area contributed by atoms with Gasteiger partial charge in [0.1, 0.15) is 0 Å². The van der Waals surface area contributed by atoms with E-state index in [0.29, 0.717) is 30.3 Å². The number of nitrogens with zero attached hydrogens (tertiary/aromatic N) is 2. The van der Waals surface area contributed by atoms with Gasteiger partial charge < -0.3 is 10.6 Å². The van der Waals surface area contributed by atoms with Crippen LogP contribution in [-0.4, -0.2) is 63.8 Å². The van der Waals surface area contributed by atoms with Crippen molar-refractivity contribution in [3.05, 3.63) is 0 Å². The second kappa shape index (κ2) is 9.02. The minimum atomic E-state index is -0.851. The van der Waals surface area contributed by atoms with Crippen LogP contribution >= 0.6 is 0 Å². The topological polar surface area (TPSA) is 56.7 Å². The molecular formula is C17H36N4OS. The summed E-state index contributed by atoms with van der Waals surface area (Å²) in [7, 11) is -0.851. The van der Waals surface area contributed by atoms with Gasteiger partial charge in [0, 0.05) is 53.0 Å². The largest absolute Gasteiger partial charge is 0.357 e.